The van der Waals surface area contributed by atoms with Gasteiger partial charge in [0, 0.05) is 12.0 Å². The van der Waals surface area contributed by atoms with Crippen molar-refractivity contribution in [3.63, 3.8) is 0 Å². The summed E-state index contributed by atoms with van der Waals surface area (Å²) in [6, 6.07) is 20.3. The van der Waals surface area contributed by atoms with Gasteiger partial charge in [-0.25, -0.2) is 8.42 Å². The van der Waals surface area contributed by atoms with Crippen LogP contribution in [0.25, 0.3) is 0 Å². The van der Waals surface area contributed by atoms with Gasteiger partial charge in [-0.2, -0.15) is 4.72 Å². The highest BCUT2D eigenvalue weighted by Gasteiger charge is 2.27. The van der Waals surface area contributed by atoms with Crippen LogP contribution in [0.15, 0.2) is 77.7 Å². The standard InChI is InChI=1S/C23H21NO5S/c25-23(26)20(12-10-16-6-2-1-3-7-16)24-30(27,28)19-11-13-22-18(15-19)14-17-8-4-5-9-21(17)29-22/h1-9,11,13,15,20,24H,10,12,14H2,(H,25,26)/t20-/m1/s1. The molecule has 4 rings (SSSR count). The predicted octanol–water partition coefficient (Wildman–Crippen LogP) is 3.75. The van der Waals surface area contributed by atoms with Gasteiger partial charge in [-0.3, -0.25) is 4.79 Å². The van der Waals surface area contributed by atoms with Crippen molar-refractivity contribution >= 4 is 16.0 Å². The SMILES string of the molecule is O=C(O)[C@@H](CCc1ccccc1)NS(=O)(=O)c1ccc2c(c1)Cc1ccccc1O2. The van der Waals surface area contributed by atoms with Gasteiger partial charge in [-0.1, -0.05) is 48.5 Å². The Kier molecular flexibility index (Phi) is 5.57. The second-order valence-corrected chi connectivity index (χ2v) is 8.91. The topological polar surface area (TPSA) is 92.7 Å². The lowest BCUT2D eigenvalue weighted by molar-refractivity contribution is -0.139. The van der Waals surface area contributed by atoms with Gasteiger partial charge in [0.2, 0.25) is 10.0 Å². The number of sulfonamides is 1. The number of carbonyl (C=O) groups is 1. The second kappa shape index (κ2) is 8.30. The number of para-hydroxylation sites is 1. The third-order valence-corrected chi connectivity index (χ3v) is 6.55. The zero-order chi connectivity index (χ0) is 21.1. The van der Waals surface area contributed by atoms with Crippen LogP contribution in [0.1, 0.15) is 23.1 Å². The zero-order valence-corrected chi connectivity index (χ0v) is 16.9. The van der Waals surface area contributed by atoms with E-state index in [1.807, 2.05) is 54.6 Å². The average Bonchev–Trinajstić information content (AvgIpc) is 2.75. The molecule has 30 heavy (non-hydrogen) atoms. The molecule has 0 amide bonds. The second-order valence-electron chi connectivity index (χ2n) is 7.19. The van der Waals surface area contributed by atoms with Gasteiger partial charge in [0.1, 0.15) is 17.5 Å². The molecule has 154 valence electrons. The Bertz CT molecular complexity index is 1180. The van der Waals surface area contributed by atoms with Gasteiger partial charge >= 0.3 is 5.97 Å². The van der Waals surface area contributed by atoms with Gasteiger partial charge < -0.3 is 9.84 Å². The number of hydrogen-bond donors (Lipinski definition) is 2. The summed E-state index contributed by atoms with van der Waals surface area (Å²) < 4.78 is 33.9. The number of hydrogen-bond acceptors (Lipinski definition) is 4. The predicted molar refractivity (Wildman–Crippen MR) is 112 cm³/mol. The molecule has 0 aromatic heterocycles. The largest absolute Gasteiger partial charge is 0.480 e. The molecule has 0 bridgehead atoms. The van der Waals surface area contributed by atoms with Crippen LogP contribution in [0.4, 0.5) is 0 Å². The van der Waals surface area contributed by atoms with Gasteiger partial charge in [0.15, 0.2) is 0 Å². The van der Waals surface area contributed by atoms with Gasteiger partial charge in [-0.05, 0) is 48.2 Å². The Morgan fingerprint density at radius 3 is 2.43 bits per heavy atom. The molecule has 3 aromatic carbocycles. The Labute approximate surface area is 175 Å². The Balaban J connectivity index is 1.52. The van der Waals surface area contributed by atoms with Crippen LogP contribution in [0.5, 0.6) is 11.5 Å². The molecule has 0 saturated carbocycles. The number of ether oxygens (including phenoxy) is 1. The number of aliphatic carboxylic acids is 1. The van der Waals surface area contributed by atoms with Gasteiger partial charge in [0.05, 0.1) is 4.90 Å². The van der Waals surface area contributed by atoms with E-state index >= 15 is 0 Å². The van der Waals surface area contributed by atoms with E-state index in [9.17, 15) is 18.3 Å². The van der Waals surface area contributed by atoms with Crippen molar-refractivity contribution in [2.45, 2.75) is 30.2 Å². The van der Waals surface area contributed by atoms with Gasteiger partial charge in [0.25, 0.3) is 0 Å². The minimum atomic E-state index is -4.01. The fourth-order valence-corrected chi connectivity index (χ4v) is 4.75. The van der Waals surface area contributed by atoms with Crippen molar-refractivity contribution in [1.82, 2.24) is 4.72 Å². The van der Waals surface area contributed by atoms with Crippen molar-refractivity contribution in [2.24, 2.45) is 0 Å². The van der Waals surface area contributed by atoms with Crippen LogP contribution in [0.2, 0.25) is 0 Å². The molecule has 0 fully saturated rings. The molecule has 1 aliphatic rings. The third-order valence-electron chi connectivity index (χ3n) is 5.08. The smallest absolute Gasteiger partial charge is 0.321 e. The molecule has 6 nitrogen and oxygen atoms in total. The molecule has 0 spiro atoms. The van der Waals surface area contributed by atoms with Crippen LogP contribution in [-0.2, 0) is 27.7 Å². The summed E-state index contributed by atoms with van der Waals surface area (Å²) in [6.45, 7) is 0. The summed E-state index contributed by atoms with van der Waals surface area (Å²) in [5.41, 5.74) is 2.67. The lowest BCUT2D eigenvalue weighted by Gasteiger charge is -2.21. The van der Waals surface area contributed by atoms with Crippen molar-refractivity contribution in [2.75, 3.05) is 0 Å². The first-order chi connectivity index (χ1) is 14.4. The maximum absolute atomic E-state index is 12.9. The highest BCUT2D eigenvalue weighted by molar-refractivity contribution is 7.89. The van der Waals surface area contributed by atoms with Crippen LogP contribution in [0, 0.1) is 0 Å². The molecule has 2 N–H and O–H groups in total. The molecule has 0 radical (unpaired) electrons. The first-order valence-electron chi connectivity index (χ1n) is 9.60. The monoisotopic (exact) mass is 423 g/mol. The van der Waals surface area contributed by atoms with E-state index < -0.39 is 22.0 Å². The number of aryl methyl sites for hydroxylation is 1. The molecular weight excluding hydrogens is 402 g/mol. The minimum absolute atomic E-state index is 0.0233. The summed E-state index contributed by atoms with van der Waals surface area (Å²) in [6.07, 6.45) is 1.15. The summed E-state index contributed by atoms with van der Waals surface area (Å²) in [7, 11) is -4.01. The van der Waals surface area contributed by atoms with Crippen molar-refractivity contribution in [3.8, 4) is 11.5 Å². The number of rotatable bonds is 7. The van der Waals surface area contributed by atoms with E-state index in [4.69, 9.17) is 4.74 Å². The van der Waals surface area contributed by atoms with Crippen LogP contribution in [0.3, 0.4) is 0 Å². The van der Waals surface area contributed by atoms with Crippen molar-refractivity contribution < 1.29 is 23.1 Å². The molecule has 0 unspecified atom stereocenters. The summed E-state index contributed by atoms with van der Waals surface area (Å²) in [5.74, 6) is 0.154. The Morgan fingerprint density at radius 1 is 0.967 bits per heavy atom. The number of fused-ring (bicyclic) bond motifs is 2. The Morgan fingerprint density at radius 2 is 1.67 bits per heavy atom. The average molecular weight is 423 g/mol. The number of carboxylic acid groups (broad SMARTS) is 1. The lowest BCUT2D eigenvalue weighted by Crippen LogP contribution is -2.41. The third kappa shape index (κ3) is 4.37. The van der Waals surface area contributed by atoms with Crippen molar-refractivity contribution in [3.05, 3.63) is 89.5 Å². The molecule has 7 heteroatoms. The molecule has 0 saturated heterocycles. The maximum atomic E-state index is 12.9. The van der Waals surface area contributed by atoms with Gasteiger partial charge in [-0.15, -0.1) is 0 Å². The fraction of sp³-hybridized carbons (Fsp3) is 0.174. The lowest BCUT2D eigenvalue weighted by atomic mass is 10.0. The quantitative estimate of drug-likeness (QED) is 0.472. The van der Waals surface area contributed by atoms with Crippen LogP contribution >= 0.6 is 0 Å². The molecule has 0 aliphatic carbocycles. The number of nitrogens with one attached hydrogen (secondary N) is 1. The van der Waals surface area contributed by atoms with Crippen LogP contribution in [-0.4, -0.2) is 25.5 Å². The van der Waals surface area contributed by atoms with E-state index in [1.165, 1.54) is 6.07 Å². The maximum Gasteiger partial charge on any atom is 0.321 e. The Hall–Kier alpha value is -3.16. The highest BCUT2D eigenvalue weighted by Crippen LogP contribution is 2.37. The van der Waals surface area contributed by atoms with E-state index in [-0.39, 0.29) is 11.3 Å². The van der Waals surface area contributed by atoms with E-state index in [1.54, 1.807) is 12.1 Å². The summed E-state index contributed by atoms with van der Waals surface area (Å²) in [5, 5.41) is 9.52. The molecule has 1 aliphatic heterocycles. The fourth-order valence-electron chi connectivity index (χ4n) is 3.48. The van der Waals surface area contributed by atoms with E-state index in [0.717, 1.165) is 22.4 Å². The number of benzene rings is 3. The molecule has 1 heterocycles. The zero-order valence-electron chi connectivity index (χ0n) is 16.1. The first-order valence-corrected chi connectivity index (χ1v) is 11.1. The van der Waals surface area contributed by atoms with E-state index in [2.05, 4.69) is 4.72 Å². The molecular formula is C23H21NO5S. The number of carboxylic acids is 1. The van der Waals surface area contributed by atoms with Crippen molar-refractivity contribution in [1.29, 1.82) is 0 Å². The van der Waals surface area contributed by atoms with E-state index in [0.29, 0.717) is 18.6 Å². The first kappa shape index (κ1) is 20.1. The summed E-state index contributed by atoms with van der Waals surface area (Å²) in [4.78, 5) is 11.7. The highest BCUT2D eigenvalue weighted by atomic mass is 32.2. The molecule has 1 atom stereocenters. The normalized spacial score (nSPS) is 13.6. The summed E-state index contributed by atoms with van der Waals surface area (Å²) >= 11 is 0. The van der Waals surface area contributed by atoms with Crippen LogP contribution < -0.4 is 9.46 Å². The molecule has 3 aromatic rings. The minimum Gasteiger partial charge on any atom is -0.480 e.